The highest BCUT2D eigenvalue weighted by Gasteiger charge is 2.34. The molecule has 0 unspecified atom stereocenters. The molecule has 158 valence electrons. The fourth-order valence-corrected chi connectivity index (χ4v) is 3.72. The molecule has 9 nitrogen and oxygen atoms in total. The highest BCUT2D eigenvalue weighted by molar-refractivity contribution is 5.95. The predicted molar refractivity (Wildman–Crippen MR) is 106 cm³/mol. The molecule has 5 heterocycles. The Balaban J connectivity index is 1.35. The molecular weight excluding hydrogens is 408 g/mol. The van der Waals surface area contributed by atoms with Gasteiger partial charge in [-0.05, 0) is 36.8 Å². The Kier molecular flexibility index (Phi) is 4.38. The Labute approximate surface area is 173 Å². The number of carbonyl (C=O) groups is 1. The Bertz CT molecular complexity index is 1350. The molecule has 5 rings (SSSR count). The second kappa shape index (κ2) is 7.11. The molecule has 1 fully saturated rings. The highest BCUT2D eigenvalue weighted by Crippen LogP contribution is 2.30. The number of pyridine rings is 1. The average molecular weight is 425 g/mol. The van der Waals surface area contributed by atoms with Crippen molar-refractivity contribution >= 4 is 11.4 Å². The number of carbonyl (C=O) groups excluding carboxylic acids is 1. The topological polar surface area (TPSA) is 101 Å². The number of halogens is 2. The molecule has 4 aromatic rings. The number of aromatic amines is 1. The van der Waals surface area contributed by atoms with E-state index in [1.807, 2.05) is 0 Å². The van der Waals surface area contributed by atoms with Gasteiger partial charge in [0.1, 0.15) is 11.2 Å². The fourth-order valence-electron chi connectivity index (χ4n) is 3.72. The first-order chi connectivity index (χ1) is 14.9. The van der Waals surface area contributed by atoms with Gasteiger partial charge in [0.2, 0.25) is 5.95 Å². The van der Waals surface area contributed by atoms with Crippen molar-refractivity contribution in [2.75, 3.05) is 13.1 Å². The summed E-state index contributed by atoms with van der Waals surface area (Å²) in [5.41, 5.74) is 1.49. The zero-order chi connectivity index (χ0) is 21.7. The molecule has 0 saturated carbocycles. The first kappa shape index (κ1) is 19.1. The molecule has 1 aliphatic heterocycles. The summed E-state index contributed by atoms with van der Waals surface area (Å²) in [6, 6.07) is 6.44. The van der Waals surface area contributed by atoms with Crippen LogP contribution in [0.25, 0.3) is 11.5 Å². The van der Waals surface area contributed by atoms with Crippen molar-refractivity contribution in [3.63, 3.8) is 0 Å². The van der Waals surface area contributed by atoms with Gasteiger partial charge in [0.15, 0.2) is 0 Å². The zero-order valence-electron chi connectivity index (χ0n) is 16.4. The van der Waals surface area contributed by atoms with Gasteiger partial charge in [-0.1, -0.05) is 0 Å². The summed E-state index contributed by atoms with van der Waals surface area (Å²) in [5.74, 6) is -0.0375. The van der Waals surface area contributed by atoms with E-state index in [1.165, 1.54) is 27.7 Å². The fraction of sp³-hybridized carbons (Fsp3) is 0.250. The van der Waals surface area contributed by atoms with Crippen LogP contribution in [0.3, 0.4) is 0 Å². The van der Waals surface area contributed by atoms with E-state index in [0.717, 1.165) is 5.56 Å². The molecule has 0 aliphatic carbocycles. The van der Waals surface area contributed by atoms with Crippen molar-refractivity contribution in [1.29, 1.82) is 0 Å². The minimum Gasteiger partial charge on any atom is -0.337 e. The van der Waals surface area contributed by atoms with Crippen LogP contribution in [0.15, 0.2) is 47.7 Å². The van der Waals surface area contributed by atoms with Crippen LogP contribution in [0, 0.1) is 6.92 Å². The molecule has 1 aliphatic rings. The zero-order valence-corrected chi connectivity index (χ0v) is 16.4. The monoisotopic (exact) mass is 425 g/mol. The minimum absolute atomic E-state index is 0.0195. The summed E-state index contributed by atoms with van der Waals surface area (Å²) in [6.07, 6.45) is 1.83. The van der Waals surface area contributed by atoms with Gasteiger partial charge in [-0.25, -0.2) is 18.0 Å². The summed E-state index contributed by atoms with van der Waals surface area (Å²) in [6.45, 7) is 2.55. The van der Waals surface area contributed by atoms with Gasteiger partial charge in [0.25, 0.3) is 17.9 Å². The van der Waals surface area contributed by atoms with Gasteiger partial charge in [0, 0.05) is 31.4 Å². The molecular formula is C20H17F2N7O2. The normalized spacial score (nSPS) is 14.4. The maximum absolute atomic E-state index is 12.9. The lowest BCUT2D eigenvalue weighted by Gasteiger charge is -2.39. The van der Waals surface area contributed by atoms with Crippen LogP contribution in [-0.4, -0.2) is 53.3 Å². The van der Waals surface area contributed by atoms with Crippen molar-refractivity contribution in [3.8, 4) is 5.95 Å². The molecule has 0 bridgehead atoms. The Morgan fingerprint density at radius 1 is 1.29 bits per heavy atom. The standard InChI is InChI=1S/C20H17F2N7O2/c1-11-14(8-24-29(11)20-25-18(30)16-3-2-6-28(16)26-20)19(31)27-9-13(10-27)12-4-5-23-15(7-12)17(21)22/h2-8,13,17H,9-10H2,1H3,(H,25,26,30). The number of rotatable bonds is 4. The number of nitrogens with zero attached hydrogens (tertiary/aromatic N) is 6. The maximum atomic E-state index is 12.9. The SMILES string of the molecule is Cc1c(C(=O)N2CC(c3ccnc(C(F)F)c3)C2)cnn1-c1nn2cccc2c(=O)[nH]1. The maximum Gasteiger partial charge on any atom is 0.280 e. The van der Waals surface area contributed by atoms with Crippen LogP contribution >= 0.6 is 0 Å². The first-order valence-electron chi connectivity index (χ1n) is 9.58. The van der Waals surface area contributed by atoms with Crippen LogP contribution in [0.1, 0.15) is 39.7 Å². The van der Waals surface area contributed by atoms with Gasteiger partial charge in [-0.3, -0.25) is 19.6 Å². The largest absolute Gasteiger partial charge is 0.337 e. The molecule has 4 aromatic heterocycles. The number of hydrogen-bond donors (Lipinski definition) is 1. The van der Waals surface area contributed by atoms with Crippen LogP contribution in [0.4, 0.5) is 8.78 Å². The van der Waals surface area contributed by atoms with Gasteiger partial charge in [-0.2, -0.15) is 5.10 Å². The summed E-state index contributed by atoms with van der Waals surface area (Å²) >= 11 is 0. The number of hydrogen-bond acceptors (Lipinski definition) is 5. The molecule has 31 heavy (non-hydrogen) atoms. The van der Waals surface area contributed by atoms with Crippen LogP contribution in [-0.2, 0) is 0 Å². The second-order valence-electron chi connectivity index (χ2n) is 7.39. The summed E-state index contributed by atoms with van der Waals surface area (Å²) < 4.78 is 28.6. The Morgan fingerprint density at radius 2 is 2.10 bits per heavy atom. The van der Waals surface area contributed by atoms with Gasteiger partial charge in [-0.15, -0.1) is 5.10 Å². The molecule has 1 N–H and O–H groups in total. The van der Waals surface area contributed by atoms with E-state index >= 15 is 0 Å². The predicted octanol–water partition coefficient (Wildman–Crippen LogP) is 2.09. The van der Waals surface area contributed by atoms with E-state index < -0.39 is 6.43 Å². The number of likely N-dealkylation sites (tertiary alicyclic amines) is 1. The Hall–Kier alpha value is -3.89. The number of alkyl halides is 2. The number of fused-ring (bicyclic) bond motifs is 1. The van der Waals surface area contributed by atoms with Crippen LogP contribution in [0.5, 0.6) is 0 Å². The second-order valence-corrected chi connectivity index (χ2v) is 7.39. The highest BCUT2D eigenvalue weighted by atomic mass is 19.3. The van der Waals surface area contributed by atoms with Gasteiger partial charge in [0.05, 0.1) is 17.5 Å². The molecule has 1 amide bonds. The third-order valence-electron chi connectivity index (χ3n) is 5.50. The van der Waals surface area contributed by atoms with Crippen molar-refractivity contribution in [2.24, 2.45) is 0 Å². The quantitative estimate of drug-likeness (QED) is 0.540. The van der Waals surface area contributed by atoms with Crippen molar-refractivity contribution < 1.29 is 13.6 Å². The van der Waals surface area contributed by atoms with E-state index in [1.54, 1.807) is 36.2 Å². The van der Waals surface area contributed by atoms with Crippen molar-refractivity contribution in [1.82, 2.24) is 34.3 Å². The van der Waals surface area contributed by atoms with Crippen LogP contribution < -0.4 is 5.56 Å². The Morgan fingerprint density at radius 3 is 2.87 bits per heavy atom. The lowest BCUT2D eigenvalue weighted by molar-refractivity contribution is 0.0600. The van der Waals surface area contributed by atoms with Crippen molar-refractivity contribution in [2.45, 2.75) is 19.3 Å². The third-order valence-corrected chi connectivity index (χ3v) is 5.50. The number of amides is 1. The molecule has 0 atom stereocenters. The molecule has 0 radical (unpaired) electrons. The number of nitrogens with one attached hydrogen (secondary N) is 1. The lowest BCUT2D eigenvalue weighted by Crippen LogP contribution is -2.48. The average Bonchev–Trinajstić information content (AvgIpc) is 3.33. The summed E-state index contributed by atoms with van der Waals surface area (Å²) in [4.78, 5) is 33.1. The number of H-pyrrole nitrogens is 1. The number of aromatic nitrogens is 6. The van der Waals surface area contributed by atoms with E-state index in [-0.39, 0.29) is 29.0 Å². The van der Waals surface area contributed by atoms with Gasteiger partial charge >= 0.3 is 0 Å². The van der Waals surface area contributed by atoms with E-state index in [2.05, 4.69) is 20.2 Å². The first-order valence-corrected chi connectivity index (χ1v) is 9.58. The minimum atomic E-state index is -2.63. The van der Waals surface area contributed by atoms with Crippen molar-refractivity contribution in [3.05, 3.63) is 75.7 Å². The molecule has 0 aromatic carbocycles. The van der Waals surface area contributed by atoms with E-state index in [9.17, 15) is 18.4 Å². The molecule has 11 heteroatoms. The molecule has 1 saturated heterocycles. The molecule has 0 spiro atoms. The smallest absolute Gasteiger partial charge is 0.280 e. The summed E-state index contributed by atoms with van der Waals surface area (Å²) in [5, 5.41) is 8.54. The lowest BCUT2D eigenvalue weighted by atomic mass is 9.91. The summed E-state index contributed by atoms with van der Waals surface area (Å²) in [7, 11) is 0. The van der Waals surface area contributed by atoms with Gasteiger partial charge < -0.3 is 4.90 Å². The van der Waals surface area contributed by atoms with E-state index in [4.69, 9.17) is 0 Å². The van der Waals surface area contributed by atoms with E-state index in [0.29, 0.717) is 29.9 Å². The van der Waals surface area contributed by atoms with Crippen LogP contribution in [0.2, 0.25) is 0 Å². The third kappa shape index (κ3) is 3.18.